The van der Waals surface area contributed by atoms with Gasteiger partial charge in [-0.3, -0.25) is 9.59 Å². The normalized spacial score (nSPS) is 23.9. The lowest BCUT2D eigenvalue weighted by Crippen LogP contribution is -2.55. The van der Waals surface area contributed by atoms with Crippen LogP contribution in [0.5, 0.6) is 0 Å². The summed E-state index contributed by atoms with van der Waals surface area (Å²) in [7, 11) is 0. The Morgan fingerprint density at radius 2 is 1.75 bits per heavy atom. The van der Waals surface area contributed by atoms with E-state index in [-0.39, 0.29) is 17.2 Å². The van der Waals surface area contributed by atoms with Gasteiger partial charge in [0.1, 0.15) is 0 Å². The predicted molar refractivity (Wildman–Crippen MR) is 64.4 cm³/mol. The highest BCUT2D eigenvalue weighted by atomic mass is 32.1. The van der Waals surface area contributed by atoms with Crippen LogP contribution in [0.1, 0.15) is 19.8 Å². The van der Waals surface area contributed by atoms with Gasteiger partial charge in [-0.05, 0) is 30.9 Å². The molecule has 0 aromatic heterocycles. The molecule has 0 aromatic carbocycles. The van der Waals surface area contributed by atoms with Gasteiger partial charge in [0.05, 0.1) is 0 Å². The van der Waals surface area contributed by atoms with Gasteiger partial charge in [-0.15, -0.1) is 0 Å². The first-order valence-corrected chi connectivity index (χ1v) is 6.44. The lowest BCUT2D eigenvalue weighted by atomic mass is 10.1. The zero-order valence-electron chi connectivity index (χ0n) is 9.61. The molecule has 0 N–H and O–H groups in total. The first-order chi connectivity index (χ1) is 7.62. The molecule has 2 rings (SSSR count). The van der Waals surface area contributed by atoms with Crippen molar-refractivity contribution in [1.29, 1.82) is 0 Å². The Morgan fingerprint density at radius 1 is 1.19 bits per heavy atom. The Hall–Kier alpha value is -0.710. The first kappa shape index (κ1) is 11.8. The highest BCUT2D eigenvalue weighted by Gasteiger charge is 2.45. The van der Waals surface area contributed by atoms with E-state index in [4.69, 9.17) is 0 Å². The summed E-state index contributed by atoms with van der Waals surface area (Å²) in [5.74, 6) is 0.132. The Morgan fingerprint density at radius 3 is 2.25 bits per heavy atom. The third-order valence-corrected chi connectivity index (χ3v) is 4.27. The Kier molecular flexibility index (Phi) is 3.15. The van der Waals surface area contributed by atoms with E-state index < -0.39 is 0 Å². The molecule has 0 spiro atoms. The second-order valence-corrected chi connectivity index (χ2v) is 5.09. The molecular weight excluding hydrogens is 224 g/mol. The van der Waals surface area contributed by atoms with Crippen LogP contribution in [0.3, 0.4) is 0 Å². The van der Waals surface area contributed by atoms with Crippen molar-refractivity contribution < 1.29 is 9.59 Å². The molecular formula is C11H18N2O2S. The molecule has 4 nitrogen and oxygen atoms in total. The van der Waals surface area contributed by atoms with Crippen LogP contribution >= 0.6 is 12.6 Å². The maximum atomic E-state index is 11.8. The monoisotopic (exact) mass is 242 g/mol. The second-order valence-electron chi connectivity index (χ2n) is 4.77. The summed E-state index contributed by atoms with van der Waals surface area (Å²) in [6.45, 7) is 4.57. The average Bonchev–Trinajstić information content (AvgIpc) is 3.06. The fourth-order valence-electron chi connectivity index (χ4n) is 2.12. The second kappa shape index (κ2) is 4.28. The predicted octanol–water partition coefficient (Wildman–Crippen LogP) is 0.387. The molecule has 0 bridgehead atoms. The van der Waals surface area contributed by atoms with Gasteiger partial charge >= 0.3 is 11.8 Å². The zero-order chi connectivity index (χ0) is 11.8. The smallest absolute Gasteiger partial charge is 0.312 e. The lowest BCUT2D eigenvalue weighted by Gasteiger charge is -2.35. The highest BCUT2D eigenvalue weighted by molar-refractivity contribution is 7.80. The summed E-state index contributed by atoms with van der Waals surface area (Å²) in [4.78, 5) is 26.8. The third-order valence-electron chi connectivity index (χ3n) is 3.60. The summed E-state index contributed by atoms with van der Waals surface area (Å²) in [5, 5.41) is 0. The standard InChI is InChI=1S/C11H18N2O2S/c1-2-12-5-6-13(10(15)9(12)14)7-11(8-16)3-4-11/h16H,2-8H2,1H3. The van der Waals surface area contributed by atoms with Gasteiger partial charge in [0, 0.05) is 26.2 Å². The molecule has 1 saturated carbocycles. The van der Waals surface area contributed by atoms with Crippen LogP contribution in [0.4, 0.5) is 0 Å². The van der Waals surface area contributed by atoms with Crippen LogP contribution in [0.25, 0.3) is 0 Å². The minimum atomic E-state index is -0.344. The Bertz CT molecular complexity index is 315. The number of likely N-dealkylation sites (N-methyl/N-ethyl adjacent to an activating group) is 1. The largest absolute Gasteiger partial charge is 0.333 e. The molecule has 90 valence electrons. The molecule has 1 aliphatic heterocycles. The van der Waals surface area contributed by atoms with Crippen molar-refractivity contribution in [1.82, 2.24) is 9.80 Å². The first-order valence-electron chi connectivity index (χ1n) is 5.81. The fraction of sp³-hybridized carbons (Fsp3) is 0.818. The molecule has 2 aliphatic rings. The summed E-state index contributed by atoms with van der Waals surface area (Å²) in [5.41, 5.74) is 0.202. The fourth-order valence-corrected chi connectivity index (χ4v) is 2.53. The zero-order valence-corrected chi connectivity index (χ0v) is 10.5. The minimum absolute atomic E-state index is 0.202. The van der Waals surface area contributed by atoms with Gasteiger partial charge in [0.25, 0.3) is 0 Å². The molecule has 2 fully saturated rings. The van der Waals surface area contributed by atoms with Crippen molar-refractivity contribution in [2.75, 3.05) is 31.9 Å². The van der Waals surface area contributed by atoms with Crippen molar-refractivity contribution in [3.05, 3.63) is 0 Å². The molecule has 0 unspecified atom stereocenters. The van der Waals surface area contributed by atoms with Crippen molar-refractivity contribution in [2.24, 2.45) is 5.41 Å². The summed E-state index contributed by atoms with van der Waals surface area (Å²) < 4.78 is 0. The maximum Gasteiger partial charge on any atom is 0.312 e. The van der Waals surface area contributed by atoms with Crippen molar-refractivity contribution in [3.63, 3.8) is 0 Å². The van der Waals surface area contributed by atoms with Gasteiger partial charge in [-0.2, -0.15) is 12.6 Å². The van der Waals surface area contributed by atoms with Crippen LogP contribution in [-0.2, 0) is 9.59 Å². The van der Waals surface area contributed by atoms with Crippen molar-refractivity contribution >= 4 is 24.4 Å². The van der Waals surface area contributed by atoms with E-state index in [1.54, 1.807) is 9.80 Å². The number of nitrogens with zero attached hydrogens (tertiary/aromatic N) is 2. The van der Waals surface area contributed by atoms with Gasteiger partial charge in [-0.25, -0.2) is 0 Å². The van der Waals surface area contributed by atoms with E-state index in [1.807, 2.05) is 6.92 Å². The van der Waals surface area contributed by atoms with Crippen LogP contribution in [0.2, 0.25) is 0 Å². The van der Waals surface area contributed by atoms with Gasteiger partial charge in [0.2, 0.25) is 0 Å². The molecule has 2 amide bonds. The summed E-state index contributed by atoms with van der Waals surface area (Å²) >= 11 is 4.32. The third kappa shape index (κ3) is 2.05. The summed E-state index contributed by atoms with van der Waals surface area (Å²) in [6.07, 6.45) is 2.26. The van der Waals surface area contributed by atoms with Crippen molar-refractivity contribution in [2.45, 2.75) is 19.8 Å². The Balaban J connectivity index is 1.97. The number of piperazine rings is 1. The molecule has 0 atom stereocenters. The van der Waals surface area contributed by atoms with Gasteiger partial charge in [-0.1, -0.05) is 0 Å². The van der Waals surface area contributed by atoms with E-state index in [0.717, 1.165) is 18.6 Å². The molecule has 1 saturated heterocycles. The van der Waals surface area contributed by atoms with E-state index in [1.165, 1.54) is 0 Å². The number of thiol groups is 1. The highest BCUT2D eigenvalue weighted by Crippen LogP contribution is 2.47. The Labute approximate surface area is 101 Å². The average molecular weight is 242 g/mol. The van der Waals surface area contributed by atoms with Crippen LogP contribution in [0.15, 0.2) is 0 Å². The van der Waals surface area contributed by atoms with E-state index >= 15 is 0 Å². The number of amides is 2. The maximum absolute atomic E-state index is 11.8. The number of carbonyl (C=O) groups excluding carboxylic acids is 2. The van der Waals surface area contributed by atoms with Crippen LogP contribution < -0.4 is 0 Å². The topological polar surface area (TPSA) is 40.6 Å². The molecule has 1 heterocycles. The molecule has 5 heteroatoms. The van der Waals surface area contributed by atoms with Gasteiger partial charge in [0.15, 0.2) is 0 Å². The minimum Gasteiger partial charge on any atom is -0.333 e. The van der Waals surface area contributed by atoms with Crippen molar-refractivity contribution in [3.8, 4) is 0 Å². The number of hydrogen-bond acceptors (Lipinski definition) is 3. The van der Waals surface area contributed by atoms with E-state index in [0.29, 0.717) is 26.2 Å². The molecule has 1 aliphatic carbocycles. The SMILES string of the molecule is CCN1CCN(CC2(CS)CC2)C(=O)C1=O. The van der Waals surface area contributed by atoms with E-state index in [2.05, 4.69) is 12.6 Å². The van der Waals surface area contributed by atoms with Gasteiger partial charge < -0.3 is 9.80 Å². The molecule has 0 aromatic rings. The molecule has 16 heavy (non-hydrogen) atoms. The van der Waals surface area contributed by atoms with Crippen LogP contribution in [0, 0.1) is 5.41 Å². The number of rotatable bonds is 4. The van der Waals surface area contributed by atoms with E-state index in [9.17, 15) is 9.59 Å². The lowest BCUT2D eigenvalue weighted by molar-refractivity contribution is -0.156. The quantitative estimate of drug-likeness (QED) is 0.572. The number of hydrogen-bond donors (Lipinski definition) is 1. The molecule has 0 radical (unpaired) electrons. The number of carbonyl (C=O) groups is 2. The van der Waals surface area contributed by atoms with Crippen LogP contribution in [-0.4, -0.2) is 53.5 Å². The summed E-state index contributed by atoms with van der Waals surface area (Å²) in [6, 6.07) is 0.